The molecule has 2 aromatic carbocycles. The van der Waals surface area contributed by atoms with E-state index < -0.39 is 0 Å². The number of aliphatic hydroxyl groups is 1. The summed E-state index contributed by atoms with van der Waals surface area (Å²) in [5, 5.41) is 12.6. The van der Waals surface area contributed by atoms with Crippen molar-refractivity contribution in [1.29, 1.82) is 0 Å². The summed E-state index contributed by atoms with van der Waals surface area (Å²) >= 11 is 0. The standard InChI is InChI=1S/C17H21NO3/c1-12(14-6-4-5-13(9-14)11-19)18-16-8-7-15(20-2)10-17(16)21-3/h4-10,12,18-19H,11H2,1-3H3. The summed E-state index contributed by atoms with van der Waals surface area (Å²) in [5.41, 5.74) is 2.92. The highest BCUT2D eigenvalue weighted by molar-refractivity contribution is 5.60. The second-order valence-electron chi connectivity index (χ2n) is 4.84. The zero-order valence-electron chi connectivity index (χ0n) is 12.6. The van der Waals surface area contributed by atoms with Crippen molar-refractivity contribution >= 4 is 5.69 Å². The summed E-state index contributed by atoms with van der Waals surface area (Å²) in [6.07, 6.45) is 0. The van der Waals surface area contributed by atoms with Crippen LogP contribution in [0.1, 0.15) is 24.1 Å². The summed E-state index contributed by atoms with van der Waals surface area (Å²) in [6.45, 7) is 2.12. The number of hydrogen-bond acceptors (Lipinski definition) is 4. The molecule has 21 heavy (non-hydrogen) atoms. The van der Waals surface area contributed by atoms with E-state index in [2.05, 4.69) is 12.2 Å². The van der Waals surface area contributed by atoms with Gasteiger partial charge in [0.1, 0.15) is 11.5 Å². The molecule has 0 spiro atoms. The van der Waals surface area contributed by atoms with Crippen molar-refractivity contribution in [2.45, 2.75) is 19.6 Å². The summed E-state index contributed by atoms with van der Waals surface area (Å²) < 4.78 is 10.6. The van der Waals surface area contributed by atoms with E-state index in [1.807, 2.05) is 42.5 Å². The SMILES string of the molecule is COc1ccc(NC(C)c2cccc(CO)c2)c(OC)c1. The molecular weight excluding hydrogens is 266 g/mol. The molecule has 0 saturated carbocycles. The molecule has 4 heteroatoms. The second-order valence-corrected chi connectivity index (χ2v) is 4.84. The monoisotopic (exact) mass is 287 g/mol. The van der Waals surface area contributed by atoms with Crippen LogP contribution in [0.4, 0.5) is 5.69 Å². The van der Waals surface area contributed by atoms with E-state index in [0.29, 0.717) is 0 Å². The van der Waals surface area contributed by atoms with Crippen molar-refractivity contribution in [3.05, 3.63) is 53.6 Å². The molecule has 0 aromatic heterocycles. The summed E-state index contributed by atoms with van der Waals surface area (Å²) in [5.74, 6) is 1.49. The summed E-state index contributed by atoms with van der Waals surface area (Å²) in [4.78, 5) is 0. The molecule has 0 bridgehead atoms. The molecule has 0 aliphatic heterocycles. The van der Waals surface area contributed by atoms with Crippen LogP contribution in [0, 0.1) is 0 Å². The third-order valence-electron chi connectivity index (χ3n) is 3.41. The number of methoxy groups -OCH3 is 2. The molecule has 0 aliphatic rings. The maximum Gasteiger partial charge on any atom is 0.145 e. The number of ether oxygens (including phenoxy) is 2. The molecule has 0 aliphatic carbocycles. The van der Waals surface area contributed by atoms with Gasteiger partial charge in [-0.25, -0.2) is 0 Å². The topological polar surface area (TPSA) is 50.7 Å². The van der Waals surface area contributed by atoms with Gasteiger partial charge in [0.15, 0.2) is 0 Å². The van der Waals surface area contributed by atoms with Gasteiger partial charge >= 0.3 is 0 Å². The molecule has 2 N–H and O–H groups in total. The van der Waals surface area contributed by atoms with E-state index in [4.69, 9.17) is 9.47 Å². The minimum atomic E-state index is 0.0480. The average Bonchev–Trinajstić information content (AvgIpc) is 2.55. The zero-order chi connectivity index (χ0) is 15.2. The lowest BCUT2D eigenvalue weighted by Gasteiger charge is -2.19. The Labute approximate surface area is 125 Å². The zero-order valence-corrected chi connectivity index (χ0v) is 12.6. The van der Waals surface area contributed by atoms with Crippen LogP contribution in [0.25, 0.3) is 0 Å². The Bertz CT molecular complexity index is 598. The van der Waals surface area contributed by atoms with Gasteiger partial charge in [0.25, 0.3) is 0 Å². The van der Waals surface area contributed by atoms with E-state index in [1.165, 1.54) is 0 Å². The molecule has 0 heterocycles. The van der Waals surface area contributed by atoms with Crippen LogP contribution in [0.5, 0.6) is 11.5 Å². The van der Waals surface area contributed by atoms with Crippen LogP contribution in [0.3, 0.4) is 0 Å². The maximum atomic E-state index is 9.22. The van der Waals surface area contributed by atoms with Crippen LogP contribution < -0.4 is 14.8 Å². The molecule has 112 valence electrons. The van der Waals surface area contributed by atoms with Gasteiger partial charge in [-0.2, -0.15) is 0 Å². The quantitative estimate of drug-likeness (QED) is 0.855. The predicted octanol–water partition coefficient (Wildman–Crippen LogP) is 3.37. The maximum absolute atomic E-state index is 9.22. The second kappa shape index (κ2) is 6.99. The Morgan fingerprint density at radius 1 is 1.10 bits per heavy atom. The van der Waals surface area contributed by atoms with Gasteiger partial charge in [0, 0.05) is 12.1 Å². The number of hydrogen-bond donors (Lipinski definition) is 2. The van der Waals surface area contributed by atoms with Gasteiger partial charge in [-0.1, -0.05) is 24.3 Å². The van der Waals surface area contributed by atoms with Crippen molar-refractivity contribution in [2.75, 3.05) is 19.5 Å². The van der Waals surface area contributed by atoms with Crippen LogP contribution in [0.2, 0.25) is 0 Å². The van der Waals surface area contributed by atoms with Gasteiger partial charge in [-0.05, 0) is 30.2 Å². The highest BCUT2D eigenvalue weighted by Crippen LogP contribution is 2.31. The van der Waals surface area contributed by atoms with E-state index in [1.54, 1.807) is 14.2 Å². The predicted molar refractivity (Wildman–Crippen MR) is 83.9 cm³/mol. The number of nitrogens with one attached hydrogen (secondary N) is 1. The molecular formula is C17H21NO3. The Morgan fingerprint density at radius 3 is 2.57 bits per heavy atom. The first kappa shape index (κ1) is 15.2. The largest absolute Gasteiger partial charge is 0.497 e. The van der Waals surface area contributed by atoms with Gasteiger partial charge in [0.05, 0.1) is 26.5 Å². The van der Waals surface area contributed by atoms with E-state index in [-0.39, 0.29) is 12.6 Å². The lowest BCUT2D eigenvalue weighted by molar-refractivity contribution is 0.281. The number of aliphatic hydroxyl groups excluding tert-OH is 1. The van der Waals surface area contributed by atoms with Crippen LogP contribution in [-0.4, -0.2) is 19.3 Å². The van der Waals surface area contributed by atoms with Gasteiger partial charge in [-0.3, -0.25) is 0 Å². The van der Waals surface area contributed by atoms with Crippen molar-refractivity contribution < 1.29 is 14.6 Å². The summed E-state index contributed by atoms with van der Waals surface area (Å²) in [6, 6.07) is 13.7. The van der Waals surface area contributed by atoms with Crippen molar-refractivity contribution in [3.8, 4) is 11.5 Å². The van der Waals surface area contributed by atoms with Crippen molar-refractivity contribution in [3.63, 3.8) is 0 Å². The van der Waals surface area contributed by atoms with E-state index >= 15 is 0 Å². The molecule has 0 radical (unpaired) electrons. The first-order valence-electron chi connectivity index (χ1n) is 6.86. The van der Waals surface area contributed by atoms with Crippen LogP contribution >= 0.6 is 0 Å². The first-order chi connectivity index (χ1) is 10.2. The third kappa shape index (κ3) is 3.67. The minimum Gasteiger partial charge on any atom is -0.497 e. The lowest BCUT2D eigenvalue weighted by atomic mass is 10.0. The Morgan fingerprint density at radius 2 is 1.90 bits per heavy atom. The fourth-order valence-electron chi connectivity index (χ4n) is 2.20. The average molecular weight is 287 g/mol. The van der Waals surface area contributed by atoms with Crippen molar-refractivity contribution in [2.24, 2.45) is 0 Å². The Hall–Kier alpha value is -2.20. The molecule has 1 unspecified atom stereocenters. The lowest BCUT2D eigenvalue weighted by Crippen LogP contribution is -2.08. The third-order valence-corrected chi connectivity index (χ3v) is 3.41. The van der Waals surface area contributed by atoms with Gasteiger partial charge < -0.3 is 19.9 Å². The Balaban J connectivity index is 2.20. The van der Waals surface area contributed by atoms with Gasteiger partial charge in [-0.15, -0.1) is 0 Å². The molecule has 1 atom stereocenters. The fraction of sp³-hybridized carbons (Fsp3) is 0.294. The molecule has 4 nitrogen and oxygen atoms in total. The van der Waals surface area contributed by atoms with Crippen LogP contribution in [-0.2, 0) is 6.61 Å². The highest BCUT2D eigenvalue weighted by atomic mass is 16.5. The number of rotatable bonds is 6. The summed E-state index contributed by atoms with van der Waals surface area (Å²) in [7, 11) is 3.27. The Kier molecular flexibility index (Phi) is 5.06. The molecule has 0 amide bonds. The molecule has 0 fully saturated rings. The number of benzene rings is 2. The first-order valence-corrected chi connectivity index (χ1v) is 6.86. The van der Waals surface area contributed by atoms with E-state index in [0.717, 1.165) is 28.3 Å². The van der Waals surface area contributed by atoms with Crippen molar-refractivity contribution in [1.82, 2.24) is 0 Å². The minimum absolute atomic E-state index is 0.0480. The van der Waals surface area contributed by atoms with Crippen LogP contribution in [0.15, 0.2) is 42.5 Å². The number of anilines is 1. The van der Waals surface area contributed by atoms with Gasteiger partial charge in [0.2, 0.25) is 0 Å². The normalized spacial score (nSPS) is 11.8. The molecule has 2 rings (SSSR count). The molecule has 0 saturated heterocycles. The van der Waals surface area contributed by atoms with E-state index in [9.17, 15) is 5.11 Å². The molecule has 2 aromatic rings. The smallest absolute Gasteiger partial charge is 0.145 e. The fourth-order valence-corrected chi connectivity index (χ4v) is 2.20. The highest BCUT2D eigenvalue weighted by Gasteiger charge is 2.10.